The molecule has 14 heteroatoms. The molecule has 2 aromatic carbocycles. The Hall–Kier alpha value is -5.40. The first-order chi connectivity index (χ1) is 19.1. The number of aromatic nitrogens is 3. The predicted octanol–water partition coefficient (Wildman–Crippen LogP) is 5.05. The molecular formula is C26H21F3N6O5. The quantitative estimate of drug-likeness (QED) is 0.191. The van der Waals surface area contributed by atoms with Gasteiger partial charge in [0.2, 0.25) is 0 Å². The van der Waals surface area contributed by atoms with E-state index in [0.717, 1.165) is 24.3 Å². The SMILES string of the molecule is O=C(Nc1ccc(C(F)(F)F)cc1)Nc1[nH]c(Cc2ccc(C(=O)NCc3ccccn3)cc2)nc1OC(=O)O. The van der Waals surface area contributed by atoms with Crippen LogP contribution in [0.4, 0.5) is 34.3 Å². The monoisotopic (exact) mass is 554 g/mol. The van der Waals surface area contributed by atoms with Gasteiger partial charge in [0.15, 0.2) is 5.82 Å². The van der Waals surface area contributed by atoms with Gasteiger partial charge in [-0.2, -0.15) is 18.2 Å². The third kappa shape index (κ3) is 7.56. The predicted molar refractivity (Wildman–Crippen MR) is 136 cm³/mol. The molecule has 206 valence electrons. The van der Waals surface area contributed by atoms with E-state index >= 15 is 0 Å². The summed E-state index contributed by atoms with van der Waals surface area (Å²) in [5.41, 5.74) is 1.01. The molecule has 40 heavy (non-hydrogen) atoms. The van der Waals surface area contributed by atoms with Crippen molar-refractivity contribution in [2.75, 3.05) is 10.6 Å². The summed E-state index contributed by atoms with van der Waals surface area (Å²) >= 11 is 0. The van der Waals surface area contributed by atoms with Crippen LogP contribution in [0.2, 0.25) is 0 Å². The minimum atomic E-state index is -4.52. The van der Waals surface area contributed by atoms with Crippen molar-refractivity contribution in [3.05, 3.63) is 101 Å². The molecule has 2 aromatic heterocycles. The minimum Gasteiger partial charge on any atom is -0.449 e. The molecule has 2 heterocycles. The average molecular weight is 554 g/mol. The lowest BCUT2D eigenvalue weighted by atomic mass is 10.1. The molecule has 3 amide bonds. The summed E-state index contributed by atoms with van der Waals surface area (Å²) < 4.78 is 42.8. The number of halogens is 3. The maximum absolute atomic E-state index is 12.7. The fourth-order valence-electron chi connectivity index (χ4n) is 3.49. The Kier molecular flexibility index (Phi) is 8.27. The number of rotatable bonds is 8. The van der Waals surface area contributed by atoms with Crippen LogP contribution in [0, 0.1) is 0 Å². The lowest BCUT2D eigenvalue weighted by molar-refractivity contribution is -0.137. The topological polar surface area (TPSA) is 158 Å². The van der Waals surface area contributed by atoms with Gasteiger partial charge in [-0.3, -0.25) is 15.1 Å². The number of benzene rings is 2. The van der Waals surface area contributed by atoms with Gasteiger partial charge in [-0.1, -0.05) is 18.2 Å². The number of alkyl halides is 3. The van der Waals surface area contributed by atoms with Crippen molar-refractivity contribution >= 4 is 29.6 Å². The molecule has 0 radical (unpaired) electrons. The number of carbonyl (C=O) groups excluding carboxylic acids is 2. The van der Waals surface area contributed by atoms with Crippen LogP contribution in [-0.2, 0) is 19.1 Å². The molecule has 0 aliphatic rings. The summed E-state index contributed by atoms with van der Waals surface area (Å²) in [4.78, 5) is 46.8. The van der Waals surface area contributed by atoms with Crippen LogP contribution in [0.5, 0.6) is 5.88 Å². The van der Waals surface area contributed by atoms with Gasteiger partial charge in [0.05, 0.1) is 17.8 Å². The van der Waals surface area contributed by atoms with Crippen molar-refractivity contribution in [1.82, 2.24) is 20.3 Å². The van der Waals surface area contributed by atoms with Crippen molar-refractivity contribution in [2.24, 2.45) is 0 Å². The summed E-state index contributed by atoms with van der Waals surface area (Å²) in [6.45, 7) is 0.266. The fraction of sp³-hybridized carbons (Fsp3) is 0.115. The number of urea groups is 1. The van der Waals surface area contributed by atoms with Crippen LogP contribution >= 0.6 is 0 Å². The Balaban J connectivity index is 1.39. The van der Waals surface area contributed by atoms with E-state index in [0.29, 0.717) is 16.8 Å². The van der Waals surface area contributed by atoms with E-state index in [4.69, 9.17) is 5.11 Å². The first-order valence-corrected chi connectivity index (χ1v) is 11.6. The highest BCUT2D eigenvalue weighted by Crippen LogP contribution is 2.30. The number of anilines is 2. The Morgan fingerprint density at radius 3 is 2.30 bits per heavy atom. The van der Waals surface area contributed by atoms with Crippen molar-refractivity contribution in [2.45, 2.75) is 19.1 Å². The van der Waals surface area contributed by atoms with Gasteiger partial charge in [0.1, 0.15) is 5.82 Å². The molecule has 0 spiro atoms. The lowest BCUT2D eigenvalue weighted by Crippen LogP contribution is -2.23. The van der Waals surface area contributed by atoms with Crippen LogP contribution in [0.3, 0.4) is 0 Å². The molecule has 0 fully saturated rings. The standard InChI is InChI=1S/C26H21F3N6O5/c27-26(28,29)17-8-10-18(11-9-17)32-24(37)35-21-23(40-25(38)39)34-20(33-21)13-15-4-6-16(7-5-15)22(36)31-14-19-3-1-2-12-30-19/h1-12H,13-14H2,(H,31,36)(H,33,34)(H,38,39)(H2,32,35,37). The summed E-state index contributed by atoms with van der Waals surface area (Å²) in [7, 11) is 0. The van der Waals surface area contributed by atoms with Crippen LogP contribution in [0.1, 0.15) is 33.0 Å². The number of hydrogen-bond donors (Lipinski definition) is 5. The van der Waals surface area contributed by atoms with Gasteiger partial charge in [-0.05, 0) is 54.1 Å². The molecule has 11 nitrogen and oxygen atoms in total. The number of aromatic amines is 1. The molecule has 0 saturated heterocycles. The van der Waals surface area contributed by atoms with E-state index in [1.807, 2.05) is 6.07 Å². The number of ether oxygens (including phenoxy) is 1. The molecular weight excluding hydrogens is 533 g/mol. The fourth-order valence-corrected chi connectivity index (χ4v) is 3.49. The number of H-pyrrole nitrogens is 1. The smallest absolute Gasteiger partial charge is 0.449 e. The van der Waals surface area contributed by atoms with Crippen molar-refractivity contribution in [3.8, 4) is 5.88 Å². The highest BCUT2D eigenvalue weighted by Gasteiger charge is 2.30. The Morgan fingerprint density at radius 2 is 1.68 bits per heavy atom. The zero-order valence-corrected chi connectivity index (χ0v) is 20.5. The second kappa shape index (κ2) is 12.0. The molecule has 0 atom stereocenters. The van der Waals surface area contributed by atoms with E-state index in [1.165, 1.54) is 0 Å². The number of hydrogen-bond acceptors (Lipinski definition) is 6. The second-order valence-electron chi connectivity index (χ2n) is 8.26. The molecule has 4 aromatic rings. The Labute approximate surface area is 224 Å². The number of amides is 3. The zero-order valence-electron chi connectivity index (χ0n) is 20.5. The molecule has 0 bridgehead atoms. The molecule has 0 aliphatic carbocycles. The second-order valence-corrected chi connectivity index (χ2v) is 8.26. The van der Waals surface area contributed by atoms with Crippen molar-refractivity contribution < 1.29 is 37.4 Å². The number of imidazole rings is 1. The molecule has 0 saturated carbocycles. The third-order valence-corrected chi connectivity index (χ3v) is 5.36. The molecule has 0 unspecified atom stereocenters. The summed E-state index contributed by atoms with van der Waals surface area (Å²) in [5.74, 6) is -0.686. The zero-order chi connectivity index (χ0) is 28.7. The van der Waals surface area contributed by atoms with Gasteiger partial charge in [-0.15, -0.1) is 0 Å². The van der Waals surface area contributed by atoms with E-state index in [-0.39, 0.29) is 36.2 Å². The number of pyridine rings is 1. The van der Waals surface area contributed by atoms with Crippen LogP contribution in [0.15, 0.2) is 72.9 Å². The maximum Gasteiger partial charge on any atom is 0.512 e. The van der Waals surface area contributed by atoms with Crippen LogP contribution in [0.25, 0.3) is 0 Å². The van der Waals surface area contributed by atoms with Crippen molar-refractivity contribution in [3.63, 3.8) is 0 Å². The van der Waals surface area contributed by atoms with Gasteiger partial charge >= 0.3 is 18.4 Å². The van der Waals surface area contributed by atoms with Gasteiger partial charge in [0.25, 0.3) is 11.8 Å². The first-order valence-electron chi connectivity index (χ1n) is 11.6. The van der Waals surface area contributed by atoms with Crippen LogP contribution in [-0.4, -0.2) is 38.2 Å². The molecule has 5 N–H and O–H groups in total. The Morgan fingerprint density at radius 1 is 0.950 bits per heavy atom. The van der Waals surface area contributed by atoms with Crippen molar-refractivity contribution in [1.29, 1.82) is 0 Å². The Bertz CT molecular complexity index is 1490. The number of carboxylic acid groups (broad SMARTS) is 1. The van der Waals surface area contributed by atoms with E-state index in [1.54, 1.807) is 42.6 Å². The minimum absolute atomic E-state index is 0.0649. The molecule has 4 rings (SSSR count). The highest BCUT2D eigenvalue weighted by molar-refractivity contribution is 6.00. The van der Waals surface area contributed by atoms with E-state index < -0.39 is 29.8 Å². The number of nitrogens with one attached hydrogen (secondary N) is 4. The first kappa shape index (κ1) is 27.6. The normalized spacial score (nSPS) is 11.0. The van der Waals surface area contributed by atoms with Gasteiger partial charge < -0.3 is 25.5 Å². The van der Waals surface area contributed by atoms with Crippen LogP contribution < -0.4 is 20.7 Å². The lowest BCUT2D eigenvalue weighted by Gasteiger charge is -2.09. The van der Waals surface area contributed by atoms with E-state index in [2.05, 4.69) is 35.6 Å². The highest BCUT2D eigenvalue weighted by atomic mass is 19.4. The average Bonchev–Trinajstić information content (AvgIpc) is 3.27. The molecule has 0 aliphatic heterocycles. The maximum atomic E-state index is 12.7. The van der Waals surface area contributed by atoms with E-state index in [9.17, 15) is 27.6 Å². The summed E-state index contributed by atoms with van der Waals surface area (Å²) in [5, 5.41) is 16.4. The summed E-state index contributed by atoms with van der Waals surface area (Å²) in [6.07, 6.45) is -4.41. The number of carbonyl (C=O) groups is 3. The largest absolute Gasteiger partial charge is 0.512 e. The number of nitrogens with zero attached hydrogens (tertiary/aromatic N) is 2. The summed E-state index contributed by atoms with van der Waals surface area (Å²) in [6, 6.07) is 14.8. The van der Waals surface area contributed by atoms with Gasteiger partial charge in [0, 0.05) is 23.9 Å². The van der Waals surface area contributed by atoms with Gasteiger partial charge in [-0.25, -0.2) is 9.59 Å². The third-order valence-electron chi connectivity index (χ3n) is 5.36.